The number of aromatic nitrogens is 2. The molecule has 0 saturated carbocycles. The van der Waals surface area contributed by atoms with E-state index in [2.05, 4.69) is 11.1 Å². The van der Waals surface area contributed by atoms with Crippen molar-refractivity contribution < 1.29 is 4.42 Å². The molecule has 0 radical (unpaired) electrons. The number of benzene rings is 1. The van der Waals surface area contributed by atoms with Crippen LogP contribution in [-0.4, -0.2) is 9.55 Å². The van der Waals surface area contributed by atoms with Crippen LogP contribution in [0.15, 0.2) is 40.8 Å². The van der Waals surface area contributed by atoms with Gasteiger partial charge in [0.15, 0.2) is 5.82 Å². The number of rotatable bonds is 2. The average Bonchev–Trinajstić information content (AvgIpc) is 3.01. The molecule has 0 unspecified atom stereocenters. The lowest BCUT2D eigenvalue weighted by Gasteiger charge is -1.99. The monoisotopic (exact) mass is 263 g/mol. The third kappa shape index (κ3) is 1.99. The zero-order chi connectivity index (χ0) is 14.1. The summed E-state index contributed by atoms with van der Waals surface area (Å²) in [4.78, 5) is 4.52. The molecule has 0 N–H and O–H groups in total. The van der Waals surface area contributed by atoms with E-state index in [4.69, 9.17) is 4.42 Å². The summed E-state index contributed by atoms with van der Waals surface area (Å²) in [5.74, 6) is 2.12. The van der Waals surface area contributed by atoms with Crippen LogP contribution in [0.25, 0.3) is 22.7 Å². The maximum Gasteiger partial charge on any atom is 0.151 e. The largest absolute Gasteiger partial charge is 0.462 e. The second kappa shape index (κ2) is 4.71. The molecule has 0 spiro atoms. The number of furan rings is 1. The highest BCUT2D eigenvalue weighted by Gasteiger charge is 2.12. The highest BCUT2D eigenvalue weighted by atomic mass is 16.3. The molecule has 4 nitrogen and oxygen atoms in total. The first kappa shape index (κ1) is 12.2. The van der Waals surface area contributed by atoms with Crippen molar-refractivity contribution in [1.82, 2.24) is 9.55 Å². The Kier molecular flexibility index (Phi) is 2.88. The predicted molar refractivity (Wildman–Crippen MR) is 77.6 cm³/mol. The number of fused-ring (bicyclic) bond motifs is 1. The maximum absolute atomic E-state index is 9.38. The van der Waals surface area contributed by atoms with Gasteiger partial charge >= 0.3 is 0 Å². The van der Waals surface area contributed by atoms with Crippen molar-refractivity contribution in [2.75, 3.05) is 0 Å². The second-order valence-electron chi connectivity index (χ2n) is 4.60. The molecule has 20 heavy (non-hydrogen) atoms. The summed E-state index contributed by atoms with van der Waals surface area (Å²) >= 11 is 0. The van der Waals surface area contributed by atoms with E-state index in [1.807, 2.05) is 54.9 Å². The first-order chi connectivity index (χ1) is 9.69. The second-order valence-corrected chi connectivity index (χ2v) is 4.60. The Bertz CT molecular complexity index is 846. The number of aryl methyl sites for hydroxylation is 2. The highest BCUT2D eigenvalue weighted by Crippen LogP contribution is 2.22. The maximum atomic E-state index is 9.38. The van der Waals surface area contributed by atoms with E-state index in [0.29, 0.717) is 17.2 Å². The van der Waals surface area contributed by atoms with Crippen LogP contribution in [0.1, 0.15) is 17.3 Å². The molecule has 98 valence electrons. The van der Waals surface area contributed by atoms with E-state index in [1.165, 1.54) is 0 Å². The molecule has 3 aromatic rings. The van der Waals surface area contributed by atoms with E-state index < -0.39 is 0 Å². The molecule has 4 heteroatoms. The molecule has 0 atom stereocenters. The smallest absolute Gasteiger partial charge is 0.151 e. The fourth-order valence-corrected chi connectivity index (χ4v) is 2.21. The first-order valence-corrected chi connectivity index (χ1v) is 6.29. The van der Waals surface area contributed by atoms with Crippen molar-refractivity contribution in [3.05, 3.63) is 53.7 Å². The zero-order valence-corrected chi connectivity index (χ0v) is 11.3. The fraction of sp³-hybridized carbons (Fsp3) is 0.125. The van der Waals surface area contributed by atoms with E-state index in [9.17, 15) is 5.26 Å². The molecule has 3 rings (SSSR count). The Balaban J connectivity index is 2.15. The number of hydrogen-bond donors (Lipinski definition) is 0. The molecule has 2 heterocycles. The van der Waals surface area contributed by atoms with Crippen LogP contribution in [-0.2, 0) is 7.05 Å². The molecule has 0 aliphatic carbocycles. The standard InChI is InChI=1S/C16H13N3O/c1-11-7-8-13(20-11)9-12(10-17)16-18-14-5-3-4-6-15(14)19(16)2/h3-9H,1-2H3/b12-9+. The molecular formula is C16H13N3O. The Hall–Kier alpha value is -2.80. The van der Waals surface area contributed by atoms with Crippen molar-refractivity contribution in [3.63, 3.8) is 0 Å². The van der Waals surface area contributed by atoms with Gasteiger partial charge in [0.2, 0.25) is 0 Å². The minimum absolute atomic E-state index is 0.484. The molecule has 0 bridgehead atoms. The molecule has 2 aromatic heterocycles. The van der Waals surface area contributed by atoms with Crippen LogP contribution in [0.4, 0.5) is 0 Å². The van der Waals surface area contributed by atoms with Gasteiger partial charge in [-0.25, -0.2) is 4.98 Å². The number of nitriles is 1. The lowest BCUT2D eigenvalue weighted by atomic mass is 10.2. The molecule has 0 fully saturated rings. The molecular weight excluding hydrogens is 250 g/mol. The van der Waals surface area contributed by atoms with Crippen LogP contribution >= 0.6 is 0 Å². The summed E-state index contributed by atoms with van der Waals surface area (Å²) in [5, 5.41) is 9.38. The minimum Gasteiger partial charge on any atom is -0.462 e. The van der Waals surface area contributed by atoms with Gasteiger partial charge in [0, 0.05) is 13.1 Å². The van der Waals surface area contributed by atoms with Gasteiger partial charge in [0.05, 0.1) is 16.6 Å². The van der Waals surface area contributed by atoms with Gasteiger partial charge in [-0.05, 0) is 31.2 Å². The van der Waals surface area contributed by atoms with Crippen LogP contribution in [0.2, 0.25) is 0 Å². The summed E-state index contributed by atoms with van der Waals surface area (Å²) in [6.07, 6.45) is 1.72. The summed E-state index contributed by atoms with van der Waals surface area (Å²) < 4.78 is 7.40. The summed E-state index contributed by atoms with van der Waals surface area (Å²) in [6.45, 7) is 1.87. The van der Waals surface area contributed by atoms with Crippen LogP contribution < -0.4 is 0 Å². The van der Waals surface area contributed by atoms with E-state index >= 15 is 0 Å². The predicted octanol–water partition coefficient (Wildman–Crippen LogP) is 3.54. The normalized spacial score (nSPS) is 11.8. The topological polar surface area (TPSA) is 54.8 Å². The Morgan fingerprint density at radius 3 is 2.75 bits per heavy atom. The van der Waals surface area contributed by atoms with Crippen LogP contribution in [0.3, 0.4) is 0 Å². The first-order valence-electron chi connectivity index (χ1n) is 6.29. The quantitative estimate of drug-likeness (QED) is 0.664. The molecule has 0 saturated heterocycles. The van der Waals surface area contributed by atoms with E-state index in [1.54, 1.807) is 6.08 Å². The third-order valence-electron chi connectivity index (χ3n) is 3.20. The van der Waals surface area contributed by atoms with Crippen LogP contribution in [0.5, 0.6) is 0 Å². The van der Waals surface area contributed by atoms with Gasteiger partial charge in [-0.2, -0.15) is 5.26 Å². The van der Waals surface area contributed by atoms with Gasteiger partial charge in [-0.15, -0.1) is 0 Å². The fourth-order valence-electron chi connectivity index (χ4n) is 2.21. The molecule has 0 aliphatic heterocycles. The summed E-state index contributed by atoms with van der Waals surface area (Å²) in [7, 11) is 1.91. The number of allylic oxidation sites excluding steroid dienone is 1. The van der Waals surface area contributed by atoms with Gasteiger partial charge in [-0.3, -0.25) is 0 Å². The van der Waals surface area contributed by atoms with Crippen molar-refractivity contribution >= 4 is 22.7 Å². The zero-order valence-electron chi connectivity index (χ0n) is 11.3. The Labute approximate surface area is 116 Å². The van der Waals surface area contributed by atoms with E-state index in [0.717, 1.165) is 16.8 Å². The van der Waals surface area contributed by atoms with Crippen molar-refractivity contribution in [2.24, 2.45) is 7.05 Å². The van der Waals surface area contributed by atoms with Gasteiger partial charge in [0.1, 0.15) is 17.6 Å². The minimum atomic E-state index is 0.484. The van der Waals surface area contributed by atoms with Crippen LogP contribution in [0, 0.1) is 18.3 Å². The molecule has 1 aromatic carbocycles. The van der Waals surface area contributed by atoms with Gasteiger partial charge < -0.3 is 8.98 Å². The number of hydrogen-bond acceptors (Lipinski definition) is 3. The highest BCUT2D eigenvalue weighted by molar-refractivity contribution is 5.90. The SMILES string of the molecule is Cc1ccc(/C=C(\C#N)c2nc3ccccc3n2C)o1. The summed E-state index contributed by atoms with van der Waals surface area (Å²) in [5.41, 5.74) is 2.36. The van der Waals surface area contributed by atoms with E-state index in [-0.39, 0.29) is 0 Å². The lowest BCUT2D eigenvalue weighted by molar-refractivity contribution is 0.525. The number of nitrogens with zero attached hydrogens (tertiary/aromatic N) is 3. The van der Waals surface area contributed by atoms with Crippen molar-refractivity contribution in [1.29, 1.82) is 5.26 Å². The van der Waals surface area contributed by atoms with Gasteiger partial charge in [0.25, 0.3) is 0 Å². The van der Waals surface area contributed by atoms with Crippen molar-refractivity contribution in [3.8, 4) is 6.07 Å². The third-order valence-corrected chi connectivity index (χ3v) is 3.20. The molecule has 0 amide bonds. The van der Waals surface area contributed by atoms with Gasteiger partial charge in [-0.1, -0.05) is 12.1 Å². The lowest BCUT2D eigenvalue weighted by Crippen LogP contribution is -1.95. The van der Waals surface area contributed by atoms with Crippen molar-refractivity contribution in [2.45, 2.75) is 6.92 Å². The number of para-hydroxylation sites is 2. The average molecular weight is 263 g/mol. The Morgan fingerprint density at radius 2 is 2.10 bits per heavy atom. The number of imidazole rings is 1. The summed E-state index contributed by atoms with van der Waals surface area (Å²) in [6, 6.07) is 13.7. The Morgan fingerprint density at radius 1 is 1.30 bits per heavy atom. The molecule has 0 aliphatic rings.